The maximum atomic E-state index is 13.5. The van der Waals surface area contributed by atoms with E-state index in [1.165, 1.54) is 6.07 Å². The highest BCUT2D eigenvalue weighted by Crippen LogP contribution is 2.21. The van der Waals surface area contributed by atoms with Crippen LogP contribution in [0.25, 0.3) is 11.3 Å². The SMILES string of the molecule is NCCc1c(-c2ccccc2F)[nH][nH]c1=O. The van der Waals surface area contributed by atoms with Gasteiger partial charge in [0.15, 0.2) is 0 Å². The molecule has 4 N–H and O–H groups in total. The molecule has 0 aliphatic heterocycles. The van der Waals surface area contributed by atoms with Crippen molar-refractivity contribution >= 4 is 0 Å². The van der Waals surface area contributed by atoms with Gasteiger partial charge < -0.3 is 5.73 Å². The summed E-state index contributed by atoms with van der Waals surface area (Å²) in [5, 5.41) is 5.13. The van der Waals surface area contributed by atoms with Crippen LogP contribution in [0, 0.1) is 5.82 Å². The standard InChI is InChI=1S/C11H12FN3O/c12-9-4-2-1-3-7(9)10-8(5-6-13)11(16)15-14-10/h1-4H,5-6,13H2,(H2,14,15,16). The Morgan fingerprint density at radius 2 is 2.00 bits per heavy atom. The molecule has 84 valence electrons. The fraction of sp³-hybridized carbons (Fsp3) is 0.182. The van der Waals surface area contributed by atoms with Crippen molar-refractivity contribution in [2.24, 2.45) is 5.73 Å². The summed E-state index contributed by atoms with van der Waals surface area (Å²) in [6, 6.07) is 6.30. The highest BCUT2D eigenvalue weighted by Gasteiger charge is 2.13. The van der Waals surface area contributed by atoms with E-state index in [9.17, 15) is 9.18 Å². The number of hydrogen-bond acceptors (Lipinski definition) is 2. The van der Waals surface area contributed by atoms with E-state index in [2.05, 4.69) is 10.2 Å². The van der Waals surface area contributed by atoms with Gasteiger partial charge in [-0.3, -0.25) is 15.0 Å². The Kier molecular flexibility index (Phi) is 2.87. The zero-order valence-corrected chi connectivity index (χ0v) is 8.59. The van der Waals surface area contributed by atoms with Gasteiger partial charge in [-0.2, -0.15) is 0 Å². The third kappa shape index (κ3) is 1.77. The molecular weight excluding hydrogens is 209 g/mol. The maximum Gasteiger partial charge on any atom is 0.267 e. The molecule has 0 amide bonds. The van der Waals surface area contributed by atoms with Gasteiger partial charge in [-0.15, -0.1) is 0 Å². The zero-order chi connectivity index (χ0) is 11.5. The first-order chi connectivity index (χ1) is 7.74. The molecule has 16 heavy (non-hydrogen) atoms. The van der Waals surface area contributed by atoms with Crippen LogP contribution in [-0.4, -0.2) is 16.7 Å². The monoisotopic (exact) mass is 221 g/mol. The molecule has 0 bridgehead atoms. The van der Waals surface area contributed by atoms with E-state index >= 15 is 0 Å². The number of benzene rings is 1. The van der Waals surface area contributed by atoms with Crippen LogP contribution in [0.15, 0.2) is 29.1 Å². The zero-order valence-electron chi connectivity index (χ0n) is 8.59. The Morgan fingerprint density at radius 3 is 2.69 bits per heavy atom. The average molecular weight is 221 g/mol. The van der Waals surface area contributed by atoms with Gasteiger partial charge in [0.05, 0.1) is 5.69 Å². The van der Waals surface area contributed by atoms with Crippen molar-refractivity contribution in [2.75, 3.05) is 6.54 Å². The van der Waals surface area contributed by atoms with Crippen LogP contribution >= 0.6 is 0 Å². The second-order valence-electron chi connectivity index (χ2n) is 3.45. The molecule has 0 saturated heterocycles. The number of hydrogen-bond donors (Lipinski definition) is 3. The third-order valence-corrected chi connectivity index (χ3v) is 2.41. The maximum absolute atomic E-state index is 13.5. The Balaban J connectivity index is 2.56. The Labute approximate surface area is 91.3 Å². The van der Waals surface area contributed by atoms with E-state index in [1.807, 2.05) is 0 Å². The molecule has 0 saturated carbocycles. The first kappa shape index (κ1) is 10.6. The van der Waals surface area contributed by atoms with Crippen molar-refractivity contribution in [2.45, 2.75) is 6.42 Å². The molecular formula is C11H12FN3O. The fourth-order valence-electron chi connectivity index (χ4n) is 1.66. The first-order valence-corrected chi connectivity index (χ1v) is 4.98. The second kappa shape index (κ2) is 4.32. The van der Waals surface area contributed by atoms with Gasteiger partial charge in [-0.05, 0) is 25.1 Å². The molecule has 0 spiro atoms. The lowest BCUT2D eigenvalue weighted by atomic mass is 10.1. The predicted octanol–water partition coefficient (Wildman–Crippen LogP) is 1.01. The predicted molar refractivity (Wildman–Crippen MR) is 59.6 cm³/mol. The smallest absolute Gasteiger partial charge is 0.267 e. The lowest BCUT2D eigenvalue weighted by Crippen LogP contribution is -2.12. The number of aromatic nitrogens is 2. The van der Waals surface area contributed by atoms with Crippen LogP contribution in [0.2, 0.25) is 0 Å². The molecule has 2 rings (SSSR count). The van der Waals surface area contributed by atoms with Crippen molar-refractivity contribution in [1.82, 2.24) is 10.2 Å². The van der Waals surface area contributed by atoms with Gasteiger partial charge in [0.25, 0.3) is 5.56 Å². The number of nitrogens with one attached hydrogen (secondary N) is 2. The number of nitrogens with two attached hydrogens (primary N) is 1. The number of halogens is 1. The molecule has 2 aromatic rings. The molecule has 0 radical (unpaired) electrons. The van der Waals surface area contributed by atoms with Gasteiger partial charge in [0, 0.05) is 11.1 Å². The van der Waals surface area contributed by atoms with Crippen LogP contribution in [0.1, 0.15) is 5.56 Å². The van der Waals surface area contributed by atoms with Gasteiger partial charge in [0.2, 0.25) is 0 Å². The minimum atomic E-state index is -0.365. The molecule has 0 fully saturated rings. The molecule has 1 aromatic carbocycles. The van der Waals surface area contributed by atoms with Crippen LogP contribution in [0.3, 0.4) is 0 Å². The van der Waals surface area contributed by atoms with Gasteiger partial charge >= 0.3 is 0 Å². The largest absolute Gasteiger partial charge is 0.330 e. The molecule has 1 heterocycles. The quantitative estimate of drug-likeness (QED) is 0.723. The summed E-state index contributed by atoms with van der Waals surface area (Å²) < 4.78 is 13.5. The second-order valence-corrected chi connectivity index (χ2v) is 3.45. The molecule has 0 aliphatic carbocycles. The fourth-order valence-corrected chi connectivity index (χ4v) is 1.66. The van der Waals surface area contributed by atoms with E-state index in [-0.39, 0.29) is 11.4 Å². The molecule has 0 atom stereocenters. The van der Waals surface area contributed by atoms with Crippen molar-refractivity contribution < 1.29 is 4.39 Å². The van der Waals surface area contributed by atoms with Crippen molar-refractivity contribution in [1.29, 1.82) is 0 Å². The summed E-state index contributed by atoms with van der Waals surface area (Å²) in [5.41, 5.74) is 6.52. The average Bonchev–Trinajstić information content (AvgIpc) is 2.62. The summed E-state index contributed by atoms with van der Waals surface area (Å²) in [5.74, 6) is -0.365. The van der Waals surface area contributed by atoms with Crippen molar-refractivity contribution in [3.63, 3.8) is 0 Å². The molecule has 0 unspecified atom stereocenters. The molecule has 5 heteroatoms. The first-order valence-electron chi connectivity index (χ1n) is 4.98. The summed E-state index contributed by atoms with van der Waals surface area (Å²) in [7, 11) is 0. The summed E-state index contributed by atoms with van der Waals surface area (Å²) in [6.07, 6.45) is 0.419. The van der Waals surface area contributed by atoms with E-state index in [1.54, 1.807) is 18.2 Å². The van der Waals surface area contributed by atoms with Crippen LogP contribution in [0.5, 0.6) is 0 Å². The molecule has 0 aliphatic rings. The van der Waals surface area contributed by atoms with Crippen LogP contribution in [0.4, 0.5) is 4.39 Å². The van der Waals surface area contributed by atoms with E-state index in [0.717, 1.165) is 0 Å². The highest BCUT2D eigenvalue weighted by atomic mass is 19.1. The number of rotatable bonds is 3. The van der Waals surface area contributed by atoms with E-state index in [0.29, 0.717) is 29.8 Å². The Hall–Kier alpha value is -1.88. The Morgan fingerprint density at radius 1 is 1.25 bits per heavy atom. The lowest BCUT2D eigenvalue weighted by Gasteiger charge is -2.02. The van der Waals surface area contributed by atoms with E-state index in [4.69, 9.17) is 5.73 Å². The topological polar surface area (TPSA) is 74.7 Å². The normalized spacial score (nSPS) is 10.6. The third-order valence-electron chi connectivity index (χ3n) is 2.41. The van der Waals surface area contributed by atoms with Gasteiger partial charge in [-0.1, -0.05) is 12.1 Å². The van der Waals surface area contributed by atoms with Crippen LogP contribution < -0.4 is 11.3 Å². The number of aromatic amines is 2. The lowest BCUT2D eigenvalue weighted by molar-refractivity contribution is 0.630. The van der Waals surface area contributed by atoms with Crippen LogP contribution in [-0.2, 0) is 6.42 Å². The summed E-state index contributed by atoms with van der Waals surface area (Å²) in [6.45, 7) is 0.350. The van der Waals surface area contributed by atoms with Crippen molar-refractivity contribution in [3.8, 4) is 11.3 Å². The molecule has 4 nitrogen and oxygen atoms in total. The number of H-pyrrole nitrogens is 2. The highest BCUT2D eigenvalue weighted by molar-refractivity contribution is 5.63. The summed E-state index contributed by atoms with van der Waals surface area (Å²) in [4.78, 5) is 11.4. The minimum absolute atomic E-state index is 0.247. The Bertz CT molecular complexity index is 544. The molecule has 1 aromatic heterocycles. The van der Waals surface area contributed by atoms with Gasteiger partial charge in [0.1, 0.15) is 5.82 Å². The van der Waals surface area contributed by atoms with E-state index < -0.39 is 0 Å². The van der Waals surface area contributed by atoms with Gasteiger partial charge in [-0.25, -0.2) is 4.39 Å². The minimum Gasteiger partial charge on any atom is -0.330 e. The van der Waals surface area contributed by atoms with Crippen molar-refractivity contribution in [3.05, 3.63) is 46.0 Å². The summed E-state index contributed by atoms with van der Waals surface area (Å²) >= 11 is 0.